The van der Waals surface area contributed by atoms with E-state index in [2.05, 4.69) is 24.0 Å². The van der Waals surface area contributed by atoms with Crippen molar-refractivity contribution in [3.63, 3.8) is 0 Å². The molecule has 2 aromatic rings. The summed E-state index contributed by atoms with van der Waals surface area (Å²) in [7, 11) is 1.67. The number of benzene rings is 1. The van der Waals surface area contributed by atoms with Crippen LogP contribution in [0.3, 0.4) is 0 Å². The number of primary amides is 1. The number of amides is 1. The van der Waals surface area contributed by atoms with Crippen LogP contribution in [0.4, 0.5) is 0 Å². The molecule has 0 spiro atoms. The molecule has 1 heterocycles. The number of aromatic nitrogens is 1. The Balaban J connectivity index is 2.40. The van der Waals surface area contributed by atoms with Crippen molar-refractivity contribution in [1.82, 2.24) is 4.98 Å². The molecule has 2 rings (SSSR count). The summed E-state index contributed by atoms with van der Waals surface area (Å²) in [5.41, 5.74) is 9.25. The predicted octanol–water partition coefficient (Wildman–Crippen LogP) is 4.01. The molecule has 1 unspecified atom stereocenters. The van der Waals surface area contributed by atoms with Gasteiger partial charge in [0.05, 0.1) is 7.11 Å². The maximum Gasteiger partial charge on any atom is 0.249 e. The average Bonchev–Trinajstić information content (AvgIpc) is 2.58. The van der Waals surface area contributed by atoms with Crippen LogP contribution in [0.25, 0.3) is 0 Å². The minimum atomic E-state index is -0.386. The number of carbonyl (C=O) groups excluding carboxylic acids is 1. The van der Waals surface area contributed by atoms with Crippen LogP contribution in [-0.4, -0.2) is 18.0 Å². The highest BCUT2D eigenvalue weighted by atomic mass is 16.5. The lowest BCUT2D eigenvalue weighted by Crippen LogP contribution is -2.18. The van der Waals surface area contributed by atoms with Gasteiger partial charge in [-0.15, -0.1) is 0 Å². The second-order valence-corrected chi connectivity index (χ2v) is 6.12. The standard InChI is InChI=1S/C20H26N2O2/c1-4-5-8-16(12-15-7-6-9-17(13-15)24-3)19-14(2)22-11-10-18(19)20(21)23/h6-7,9-11,13,16H,4-5,8,12H2,1-3H3,(H2,21,23). The average molecular weight is 326 g/mol. The van der Waals surface area contributed by atoms with Crippen molar-refractivity contribution in [2.45, 2.75) is 45.4 Å². The number of methoxy groups -OCH3 is 1. The summed E-state index contributed by atoms with van der Waals surface area (Å²) in [6, 6.07) is 9.81. The number of hydrogen-bond donors (Lipinski definition) is 1. The minimum Gasteiger partial charge on any atom is -0.497 e. The molecule has 0 aliphatic carbocycles. The molecule has 4 nitrogen and oxygen atoms in total. The van der Waals surface area contributed by atoms with Gasteiger partial charge in [0, 0.05) is 17.5 Å². The SMILES string of the molecule is CCCCC(Cc1cccc(OC)c1)c1c(C(N)=O)ccnc1C. The van der Waals surface area contributed by atoms with E-state index in [1.165, 1.54) is 5.56 Å². The number of hydrogen-bond acceptors (Lipinski definition) is 3. The summed E-state index contributed by atoms with van der Waals surface area (Å²) in [6.07, 6.45) is 5.70. The summed E-state index contributed by atoms with van der Waals surface area (Å²) >= 11 is 0. The first kappa shape index (κ1) is 18.0. The number of unbranched alkanes of at least 4 members (excludes halogenated alkanes) is 1. The van der Waals surface area contributed by atoms with Crippen molar-refractivity contribution in [3.8, 4) is 5.75 Å². The first-order valence-electron chi connectivity index (χ1n) is 8.45. The topological polar surface area (TPSA) is 65.2 Å². The molecule has 4 heteroatoms. The van der Waals surface area contributed by atoms with E-state index in [4.69, 9.17) is 10.5 Å². The molecule has 0 aliphatic rings. The number of carbonyl (C=O) groups is 1. The zero-order valence-electron chi connectivity index (χ0n) is 14.7. The Kier molecular flexibility index (Phi) is 6.36. The molecule has 0 aliphatic heterocycles. The van der Waals surface area contributed by atoms with Gasteiger partial charge in [0.2, 0.25) is 5.91 Å². The molecule has 0 radical (unpaired) electrons. The van der Waals surface area contributed by atoms with E-state index in [-0.39, 0.29) is 11.8 Å². The van der Waals surface area contributed by atoms with Crippen molar-refractivity contribution in [2.24, 2.45) is 5.73 Å². The molecule has 1 atom stereocenters. The number of nitrogens with zero attached hydrogens (tertiary/aromatic N) is 1. The van der Waals surface area contributed by atoms with Gasteiger partial charge in [-0.25, -0.2) is 0 Å². The zero-order chi connectivity index (χ0) is 17.5. The van der Waals surface area contributed by atoms with E-state index in [9.17, 15) is 4.79 Å². The number of nitrogens with two attached hydrogens (primary N) is 1. The van der Waals surface area contributed by atoms with Crippen LogP contribution in [0, 0.1) is 6.92 Å². The molecule has 1 aromatic carbocycles. The van der Waals surface area contributed by atoms with Crippen LogP contribution in [0.1, 0.15) is 59.3 Å². The highest BCUT2D eigenvalue weighted by molar-refractivity contribution is 5.94. The third-order valence-corrected chi connectivity index (χ3v) is 4.39. The van der Waals surface area contributed by atoms with E-state index in [1.807, 2.05) is 19.1 Å². The summed E-state index contributed by atoms with van der Waals surface area (Å²) in [5.74, 6) is 0.677. The fraction of sp³-hybridized carbons (Fsp3) is 0.400. The number of rotatable bonds is 8. The van der Waals surface area contributed by atoms with Gasteiger partial charge in [-0.05, 0) is 55.0 Å². The maximum absolute atomic E-state index is 11.9. The van der Waals surface area contributed by atoms with Crippen molar-refractivity contribution in [1.29, 1.82) is 0 Å². The Morgan fingerprint density at radius 2 is 2.12 bits per heavy atom. The van der Waals surface area contributed by atoms with Crippen LogP contribution in [0.2, 0.25) is 0 Å². The summed E-state index contributed by atoms with van der Waals surface area (Å²) in [6.45, 7) is 4.12. The highest BCUT2D eigenvalue weighted by Crippen LogP contribution is 2.31. The van der Waals surface area contributed by atoms with E-state index in [0.29, 0.717) is 5.56 Å². The Hall–Kier alpha value is -2.36. The van der Waals surface area contributed by atoms with Crippen LogP contribution in [-0.2, 0) is 6.42 Å². The van der Waals surface area contributed by atoms with Gasteiger partial charge in [-0.1, -0.05) is 31.9 Å². The Labute approximate surface area is 144 Å². The third-order valence-electron chi connectivity index (χ3n) is 4.39. The van der Waals surface area contributed by atoms with E-state index in [0.717, 1.165) is 42.7 Å². The molecule has 1 aromatic heterocycles. The van der Waals surface area contributed by atoms with Crippen molar-refractivity contribution in [2.75, 3.05) is 7.11 Å². The smallest absolute Gasteiger partial charge is 0.249 e. The molecule has 0 saturated carbocycles. The van der Waals surface area contributed by atoms with E-state index >= 15 is 0 Å². The minimum absolute atomic E-state index is 0.216. The second-order valence-electron chi connectivity index (χ2n) is 6.12. The maximum atomic E-state index is 11.9. The fourth-order valence-corrected chi connectivity index (χ4v) is 3.19. The first-order valence-corrected chi connectivity index (χ1v) is 8.45. The molecule has 24 heavy (non-hydrogen) atoms. The van der Waals surface area contributed by atoms with Crippen LogP contribution in [0.15, 0.2) is 36.5 Å². The quantitative estimate of drug-likeness (QED) is 0.797. The lowest BCUT2D eigenvalue weighted by atomic mass is 9.84. The Morgan fingerprint density at radius 1 is 1.33 bits per heavy atom. The van der Waals surface area contributed by atoms with Crippen molar-refractivity contribution < 1.29 is 9.53 Å². The Bertz CT molecular complexity index is 698. The largest absolute Gasteiger partial charge is 0.497 e. The second kappa shape index (κ2) is 8.48. The first-order chi connectivity index (χ1) is 11.6. The normalized spacial score (nSPS) is 12.0. The molecular weight excluding hydrogens is 300 g/mol. The van der Waals surface area contributed by atoms with Gasteiger partial charge < -0.3 is 10.5 Å². The molecule has 1 amide bonds. The lowest BCUT2D eigenvalue weighted by Gasteiger charge is -2.21. The molecule has 2 N–H and O–H groups in total. The monoisotopic (exact) mass is 326 g/mol. The van der Waals surface area contributed by atoms with Gasteiger partial charge in [-0.2, -0.15) is 0 Å². The number of ether oxygens (including phenoxy) is 1. The van der Waals surface area contributed by atoms with Crippen molar-refractivity contribution >= 4 is 5.91 Å². The van der Waals surface area contributed by atoms with Crippen LogP contribution < -0.4 is 10.5 Å². The van der Waals surface area contributed by atoms with E-state index in [1.54, 1.807) is 19.4 Å². The number of aryl methyl sites for hydroxylation is 1. The van der Waals surface area contributed by atoms with Gasteiger partial charge in [0.25, 0.3) is 0 Å². The summed E-state index contributed by atoms with van der Waals surface area (Å²) in [4.78, 5) is 16.3. The van der Waals surface area contributed by atoms with Crippen LogP contribution >= 0.6 is 0 Å². The third kappa shape index (κ3) is 4.34. The summed E-state index contributed by atoms with van der Waals surface area (Å²) in [5, 5.41) is 0. The molecule has 0 bridgehead atoms. The van der Waals surface area contributed by atoms with Gasteiger partial charge >= 0.3 is 0 Å². The molecule has 0 fully saturated rings. The van der Waals surface area contributed by atoms with Gasteiger partial charge in [0.1, 0.15) is 5.75 Å². The molecule has 128 valence electrons. The predicted molar refractivity (Wildman–Crippen MR) is 96.5 cm³/mol. The number of pyridine rings is 1. The zero-order valence-corrected chi connectivity index (χ0v) is 14.7. The van der Waals surface area contributed by atoms with E-state index < -0.39 is 0 Å². The summed E-state index contributed by atoms with van der Waals surface area (Å²) < 4.78 is 5.32. The fourth-order valence-electron chi connectivity index (χ4n) is 3.19. The van der Waals surface area contributed by atoms with Gasteiger partial charge in [-0.3, -0.25) is 9.78 Å². The van der Waals surface area contributed by atoms with Crippen LogP contribution in [0.5, 0.6) is 5.75 Å². The Morgan fingerprint density at radius 3 is 2.79 bits per heavy atom. The van der Waals surface area contributed by atoms with Gasteiger partial charge in [0.15, 0.2) is 0 Å². The highest BCUT2D eigenvalue weighted by Gasteiger charge is 2.21. The lowest BCUT2D eigenvalue weighted by molar-refractivity contribution is 0.0998. The molecule has 0 saturated heterocycles. The van der Waals surface area contributed by atoms with Crippen molar-refractivity contribution in [3.05, 3.63) is 58.9 Å². The molecular formula is C20H26N2O2.